The van der Waals surface area contributed by atoms with Gasteiger partial charge < -0.3 is 14.4 Å². The largest absolute Gasteiger partial charge is 0.494 e. The summed E-state index contributed by atoms with van der Waals surface area (Å²) in [6.45, 7) is 10.1. The van der Waals surface area contributed by atoms with Crippen molar-refractivity contribution in [1.29, 1.82) is 0 Å². The molecule has 2 aromatic rings. The molecule has 1 atom stereocenters. The van der Waals surface area contributed by atoms with Gasteiger partial charge in [-0.1, -0.05) is 0 Å². The van der Waals surface area contributed by atoms with Crippen LogP contribution in [-0.2, 0) is 7.05 Å². The summed E-state index contributed by atoms with van der Waals surface area (Å²) in [5, 5.41) is 8.88. The summed E-state index contributed by atoms with van der Waals surface area (Å²) < 4.78 is 13.6. The van der Waals surface area contributed by atoms with Crippen LogP contribution in [0.4, 0.5) is 5.95 Å². The van der Waals surface area contributed by atoms with Crippen LogP contribution >= 0.6 is 0 Å². The highest BCUT2D eigenvalue weighted by Gasteiger charge is 2.28. The van der Waals surface area contributed by atoms with Gasteiger partial charge in [-0.15, -0.1) is 10.2 Å². The monoisotopic (exact) mass is 385 g/mol. The molecule has 0 bridgehead atoms. The maximum Gasteiger partial charge on any atom is 0.227 e. The van der Waals surface area contributed by atoms with Crippen LogP contribution in [0.25, 0.3) is 0 Å². The van der Waals surface area contributed by atoms with E-state index in [2.05, 4.69) is 24.6 Å². The van der Waals surface area contributed by atoms with E-state index in [-0.39, 0.29) is 6.10 Å². The number of hydrogen-bond donors (Lipinski definition) is 0. The third-order valence-corrected chi connectivity index (χ3v) is 5.57. The third-order valence-electron chi connectivity index (χ3n) is 5.57. The molecule has 1 aromatic heterocycles. The van der Waals surface area contributed by atoms with Crippen molar-refractivity contribution in [2.45, 2.75) is 32.8 Å². The van der Waals surface area contributed by atoms with Gasteiger partial charge in [0.2, 0.25) is 5.95 Å². The Morgan fingerprint density at radius 3 is 2.36 bits per heavy atom. The molecular formula is C21H31N5O2. The highest BCUT2D eigenvalue weighted by atomic mass is 16.5. The Balaban J connectivity index is 1.35. The first kappa shape index (κ1) is 19.1. The van der Waals surface area contributed by atoms with E-state index < -0.39 is 0 Å². The van der Waals surface area contributed by atoms with E-state index in [9.17, 15) is 0 Å². The lowest BCUT2D eigenvalue weighted by molar-refractivity contribution is 0.211. The molecule has 152 valence electrons. The first-order valence-corrected chi connectivity index (χ1v) is 10.4. The number of piperazine rings is 1. The van der Waals surface area contributed by atoms with Gasteiger partial charge in [0.1, 0.15) is 11.5 Å². The topological polar surface area (TPSA) is 55.7 Å². The van der Waals surface area contributed by atoms with E-state index in [1.54, 1.807) is 0 Å². The molecule has 7 heteroatoms. The Morgan fingerprint density at radius 2 is 1.71 bits per heavy atom. The molecule has 1 unspecified atom stereocenters. The molecule has 28 heavy (non-hydrogen) atoms. The van der Waals surface area contributed by atoms with E-state index in [4.69, 9.17) is 9.47 Å². The fraction of sp³-hybridized carbons (Fsp3) is 0.619. The molecule has 0 N–H and O–H groups in total. The molecule has 0 amide bonds. The summed E-state index contributed by atoms with van der Waals surface area (Å²) in [4.78, 5) is 4.92. The van der Waals surface area contributed by atoms with Crippen molar-refractivity contribution in [2.75, 3.05) is 44.2 Å². The molecule has 2 aliphatic rings. The Bertz CT molecular complexity index is 764. The zero-order valence-corrected chi connectivity index (χ0v) is 17.2. The first-order chi connectivity index (χ1) is 13.6. The fourth-order valence-corrected chi connectivity index (χ4v) is 3.80. The van der Waals surface area contributed by atoms with Gasteiger partial charge in [-0.05, 0) is 56.9 Å². The van der Waals surface area contributed by atoms with E-state index >= 15 is 0 Å². The maximum absolute atomic E-state index is 6.08. The molecule has 0 radical (unpaired) electrons. The second-order valence-corrected chi connectivity index (χ2v) is 7.81. The number of benzene rings is 1. The minimum atomic E-state index is -0.180. The summed E-state index contributed by atoms with van der Waals surface area (Å²) in [5.41, 5.74) is 0. The lowest BCUT2D eigenvalue weighted by Gasteiger charge is -2.35. The Kier molecular flexibility index (Phi) is 5.71. The summed E-state index contributed by atoms with van der Waals surface area (Å²) >= 11 is 0. The van der Waals surface area contributed by atoms with E-state index in [1.807, 2.05) is 45.2 Å². The van der Waals surface area contributed by atoms with Gasteiger partial charge in [0.25, 0.3) is 0 Å². The van der Waals surface area contributed by atoms with Crippen molar-refractivity contribution in [2.24, 2.45) is 13.0 Å². The molecule has 1 aliphatic carbocycles. The predicted octanol–water partition coefficient (Wildman–Crippen LogP) is 2.89. The number of anilines is 1. The first-order valence-electron chi connectivity index (χ1n) is 10.4. The van der Waals surface area contributed by atoms with Gasteiger partial charge in [-0.2, -0.15) is 0 Å². The average molecular weight is 386 g/mol. The summed E-state index contributed by atoms with van der Waals surface area (Å²) in [7, 11) is 2.03. The van der Waals surface area contributed by atoms with Crippen molar-refractivity contribution in [1.82, 2.24) is 19.7 Å². The SMILES string of the molecule is CCOc1ccc(OC(C)c2nnc(N3CCN(CC4CC4)CC3)n2C)cc1. The second-order valence-electron chi connectivity index (χ2n) is 7.81. The van der Waals surface area contributed by atoms with Crippen LogP contribution < -0.4 is 14.4 Å². The standard InChI is InChI=1S/C21H31N5O2/c1-4-27-18-7-9-19(10-8-18)28-16(2)20-22-23-21(24(20)3)26-13-11-25(12-14-26)15-17-5-6-17/h7-10,16-17H,4-6,11-15H2,1-3H3. The van der Waals surface area contributed by atoms with Gasteiger partial charge >= 0.3 is 0 Å². The number of aromatic nitrogens is 3. The fourth-order valence-electron chi connectivity index (χ4n) is 3.80. The molecular weight excluding hydrogens is 354 g/mol. The Morgan fingerprint density at radius 1 is 1.04 bits per heavy atom. The molecule has 1 aliphatic heterocycles. The van der Waals surface area contributed by atoms with Crippen molar-refractivity contribution in [3.8, 4) is 11.5 Å². The summed E-state index contributed by atoms with van der Waals surface area (Å²) in [5.74, 6) is 4.37. The smallest absolute Gasteiger partial charge is 0.227 e. The molecule has 2 fully saturated rings. The lowest BCUT2D eigenvalue weighted by atomic mass is 10.3. The van der Waals surface area contributed by atoms with Crippen LogP contribution in [-0.4, -0.2) is 59.0 Å². The molecule has 2 heterocycles. The minimum absolute atomic E-state index is 0.180. The maximum atomic E-state index is 6.08. The van der Waals surface area contributed by atoms with Crippen LogP contribution in [0.2, 0.25) is 0 Å². The molecule has 0 spiro atoms. The normalized spacial score (nSPS) is 18.9. The zero-order chi connectivity index (χ0) is 19.5. The van der Waals surface area contributed by atoms with Crippen LogP contribution in [0.5, 0.6) is 11.5 Å². The average Bonchev–Trinajstić information content (AvgIpc) is 3.43. The molecule has 1 saturated heterocycles. The van der Waals surface area contributed by atoms with Crippen molar-refractivity contribution in [3.63, 3.8) is 0 Å². The van der Waals surface area contributed by atoms with Gasteiger partial charge in [0.05, 0.1) is 6.61 Å². The van der Waals surface area contributed by atoms with Crippen molar-refractivity contribution < 1.29 is 9.47 Å². The van der Waals surface area contributed by atoms with E-state index in [1.165, 1.54) is 19.4 Å². The van der Waals surface area contributed by atoms with Crippen LogP contribution in [0, 0.1) is 5.92 Å². The Labute approximate surface area is 167 Å². The number of nitrogens with zero attached hydrogens (tertiary/aromatic N) is 5. The molecule has 7 nitrogen and oxygen atoms in total. The second kappa shape index (κ2) is 8.39. The van der Waals surface area contributed by atoms with Gasteiger partial charge in [-0.25, -0.2) is 0 Å². The minimum Gasteiger partial charge on any atom is -0.494 e. The van der Waals surface area contributed by atoms with E-state index in [0.29, 0.717) is 6.61 Å². The molecule has 4 rings (SSSR count). The van der Waals surface area contributed by atoms with Crippen molar-refractivity contribution in [3.05, 3.63) is 30.1 Å². The number of ether oxygens (including phenoxy) is 2. The van der Waals surface area contributed by atoms with Gasteiger partial charge in [0, 0.05) is 39.8 Å². The van der Waals surface area contributed by atoms with Crippen LogP contribution in [0.1, 0.15) is 38.6 Å². The third kappa shape index (κ3) is 4.41. The van der Waals surface area contributed by atoms with E-state index in [0.717, 1.165) is 55.4 Å². The molecule has 1 aromatic carbocycles. The molecule has 1 saturated carbocycles. The Hall–Kier alpha value is -2.28. The number of hydrogen-bond acceptors (Lipinski definition) is 6. The quantitative estimate of drug-likeness (QED) is 0.696. The lowest BCUT2D eigenvalue weighted by Crippen LogP contribution is -2.47. The summed E-state index contributed by atoms with van der Waals surface area (Å²) in [6.07, 6.45) is 2.65. The predicted molar refractivity (Wildman–Crippen MR) is 109 cm³/mol. The van der Waals surface area contributed by atoms with Crippen LogP contribution in [0.3, 0.4) is 0 Å². The zero-order valence-electron chi connectivity index (χ0n) is 17.2. The van der Waals surface area contributed by atoms with Gasteiger partial charge in [0.15, 0.2) is 11.9 Å². The summed E-state index contributed by atoms with van der Waals surface area (Å²) in [6, 6.07) is 7.71. The van der Waals surface area contributed by atoms with Gasteiger partial charge in [-0.3, -0.25) is 9.47 Å². The van der Waals surface area contributed by atoms with Crippen LogP contribution in [0.15, 0.2) is 24.3 Å². The highest BCUT2D eigenvalue weighted by Crippen LogP contribution is 2.30. The number of rotatable bonds is 8. The highest BCUT2D eigenvalue weighted by molar-refractivity contribution is 5.33. The van der Waals surface area contributed by atoms with Crippen molar-refractivity contribution >= 4 is 5.95 Å².